The lowest BCUT2D eigenvalue weighted by molar-refractivity contribution is -0.143. The first-order valence-electron chi connectivity index (χ1n) is 29.7. The number of amides is 1. The maximum absolute atomic E-state index is 12.4. The average Bonchev–Trinajstić information content (AvgIpc) is 3.33. The van der Waals surface area contributed by atoms with Crippen LogP contribution in [-0.4, -0.2) is 47.4 Å². The number of esters is 1. The standard InChI is InChI=1S/C61H115NO5/c1-3-5-7-9-11-13-15-34-37-41-45-49-53-59(64)58(57-63)62-60(65)54-50-46-42-38-35-31-29-27-25-23-21-19-17-16-18-20-22-24-26-28-30-32-36-40-44-48-52-56-67-61(66)55-51-47-43-39-33-14-12-10-8-6-4-2/h10,12,16-17,20,22,58-59,63-64H,3-9,11,13-15,18-19,21,23-57H2,1-2H3,(H,62,65)/b12-10-,17-16-,22-20-. The zero-order valence-electron chi connectivity index (χ0n) is 44.9. The fourth-order valence-electron chi connectivity index (χ4n) is 9.06. The molecule has 0 aromatic heterocycles. The minimum Gasteiger partial charge on any atom is -0.466 e. The molecule has 2 atom stereocenters. The Kier molecular flexibility index (Phi) is 55.0. The van der Waals surface area contributed by atoms with Crippen LogP contribution < -0.4 is 5.32 Å². The van der Waals surface area contributed by atoms with E-state index in [1.54, 1.807) is 0 Å². The second kappa shape index (κ2) is 56.7. The largest absolute Gasteiger partial charge is 0.466 e. The maximum Gasteiger partial charge on any atom is 0.305 e. The number of aliphatic hydroxyl groups is 2. The summed E-state index contributed by atoms with van der Waals surface area (Å²) < 4.78 is 5.45. The van der Waals surface area contributed by atoms with E-state index in [1.807, 2.05) is 0 Å². The smallest absolute Gasteiger partial charge is 0.305 e. The highest BCUT2D eigenvalue weighted by Crippen LogP contribution is 2.17. The molecule has 394 valence electrons. The molecule has 6 nitrogen and oxygen atoms in total. The summed E-state index contributed by atoms with van der Waals surface area (Å²) in [5.74, 6) is -0.0391. The minimum absolute atomic E-state index is 0.000773. The highest BCUT2D eigenvalue weighted by Gasteiger charge is 2.20. The zero-order valence-corrected chi connectivity index (χ0v) is 44.9. The van der Waals surface area contributed by atoms with E-state index in [0.717, 1.165) is 51.4 Å². The van der Waals surface area contributed by atoms with Gasteiger partial charge in [-0.2, -0.15) is 0 Å². The fraction of sp³-hybridized carbons (Fsp3) is 0.869. The molecule has 0 radical (unpaired) electrons. The number of allylic oxidation sites excluding steroid dienone is 6. The predicted octanol–water partition coefficient (Wildman–Crippen LogP) is 18.4. The molecule has 3 N–H and O–H groups in total. The van der Waals surface area contributed by atoms with Crippen LogP contribution >= 0.6 is 0 Å². The van der Waals surface area contributed by atoms with E-state index < -0.39 is 12.1 Å². The molecule has 0 bridgehead atoms. The molecular formula is C61H115NO5. The van der Waals surface area contributed by atoms with Crippen molar-refractivity contribution in [2.45, 2.75) is 328 Å². The highest BCUT2D eigenvalue weighted by molar-refractivity contribution is 5.76. The number of carbonyl (C=O) groups is 2. The molecule has 0 fully saturated rings. The molecule has 0 aliphatic carbocycles. The summed E-state index contributed by atoms with van der Waals surface area (Å²) in [6, 6.07) is -0.543. The van der Waals surface area contributed by atoms with Gasteiger partial charge in [-0.15, -0.1) is 0 Å². The van der Waals surface area contributed by atoms with Crippen LogP contribution in [0.3, 0.4) is 0 Å². The molecule has 0 spiro atoms. The van der Waals surface area contributed by atoms with Crippen LogP contribution in [-0.2, 0) is 14.3 Å². The SMILES string of the molecule is CCCC/C=C\CCCCCCCC(=O)OCCCCCCCCCCC/C=C\C/C=C\CCCCCCCCCCCCCC(=O)NC(CO)C(O)CCCCCCCCCCCCCC. The number of carbonyl (C=O) groups excluding carboxylic acids is 2. The third kappa shape index (κ3) is 53.3. The van der Waals surface area contributed by atoms with Gasteiger partial charge in [-0.05, 0) is 77.0 Å². The second-order valence-corrected chi connectivity index (χ2v) is 20.3. The lowest BCUT2D eigenvalue weighted by Crippen LogP contribution is -2.45. The maximum atomic E-state index is 12.4. The first-order valence-corrected chi connectivity index (χ1v) is 29.7. The number of rotatable bonds is 55. The topological polar surface area (TPSA) is 95.9 Å². The van der Waals surface area contributed by atoms with Gasteiger partial charge in [0.05, 0.1) is 25.4 Å². The van der Waals surface area contributed by atoms with E-state index in [9.17, 15) is 19.8 Å². The van der Waals surface area contributed by atoms with Gasteiger partial charge in [0.1, 0.15) is 0 Å². The molecule has 6 heteroatoms. The quantitative estimate of drug-likeness (QED) is 0.0321. The van der Waals surface area contributed by atoms with Crippen LogP contribution in [0.1, 0.15) is 316 Å². The molecule has 0 rings (SSSR count). The van der Waals surface area contributed by atoms with Crippen molar-refractivity contribution in [2.24, 2.45) is 0 Å². The van der Waals surface area contributed by atoms with Crippen molar-refractivity contribution < 1.29 is 24.5 Å². The Morgan fingerprint density at radius 3 is 1.19 bits per heavy atom. The van der Waals surface area contributed by atoms with Gasteiger partial charge in [0.25, 0.3) is 0 Å². The van der Waals surface area contributed by atoms with E-state index >= 15 is 0 Å². The normalized spacial score (nSPS) is 12.8. The van der Waals surface area contributed by atoms with Gasteiger partial charge in [-0.25, -0.2) is 0 Å². The van der Waals surface area contributed by atoms with E-state index in [1.165, 1.54) is 231 Å². The van der Waals surface area contributed by atoms with Crippen LogP contribution in [0.25, 0.3) is 0 Å². The summed E-state index contributed by atoms with van der Waals surface area (Å²) in [6.07, 6.45) is 70.1. The Balaban J connectivity index is 3.42. The lowest BCUT2D eigenvalue weighted by atomic mass is 10.0. The van der Waals surface area contributed by atoms with Crippen molar-refractivity contribution >= 4 is 11.9 Å². The minimum atomic E-state index is -0.665. The van der Waals surface area contributed by atoms with Crippen LogP contribution in [0.4, 0.5) is 0 Å². The number of nitrogens with one attached hydrogen (secondary N) is 1. The Hall–Kier alpha value is -1.92. The highest BCUT2D eigenvalue weighted by atomic mass is 16.5. The Labute approximate surface area is 417 Å². The summed E-state index contributed by atoms with van der Waals surface area (Å²) in [7, 11) is 0. The summed E-state index contributed by atoms with van der Waals surface area (Å²) in [5.41, 5.74) is 0. The molecule has 0 saturated carbocycles. The lowest BCUT2D eigenvalue weighted by Gasteiger charge is -2.22. The molecule has 2 unspecified atom stereocenters. The number of ether oxygens (including phenoxy) is 1. The zero-order chi connectivity index (χ0) is 48.6. The average molecular weight is 943 g/mol. The van der Waals surface area contributed by atoms with Gasteiger partial charge < -0.3 is 20.3 Å². The fourth-order valence-corrected chi connectivity index (χ4v) is 9.06. The van der Waals surface area contributed by atoms with Crippen molar-refractivity contribution in [2.75, 3.05) is 13.2 Å². The van der Waals surface area contributed by atoms with Gasteiger partial charge in [0.15, 0.2) is 0 Å². The summed E-state index contributed by atoms with van der Waals surface area (Å²) >= 11 is 0. The molecule has 1 amide bonds. The summed E-state index contributed by atoms with van der Waals surface area (Å²) in [5, 5.41) is 23.2. The summed E-state index contributed by atoms with van der Waals surface area (Å²) in [6.45, 7) is 4.91. The van der Waals surface area contributed by atoms with Crippen molar-refractivity contribution in [3.8, 4) is 0 Å². The van der Waals surface area contributed by atoms with Crippen molar-refractivity contribution in [1.82, 2.24) is 5.32 Å². The summed E-state index contributed by atoms with van der Waals surface area (Å²) in [4.78, 5) is 24.4. The molecule has 0 heterocycles. The predicted molar refractivity (Wildman–Crippen MR) is 292 cm³/mol. The first-order chi connectivity index (χ1) is 33.0. The molecular weight excluding hydrogens is 827 g/mol. The van der Waals surface area contributed by atoms with E-state index in [4.69, 9.17) is 4.74 Å². The Morgan fingerprint density at radius 1 is 0.418 bits per heavy atom. The van der Waals surface area contributed by atoms with Crippen LogP contribution in [0.5, 0.6) is 0 Å². The monoisotopic (exact) mass is 942 g/mol. The van der Waals surface area contributed by atoms with Gasteiger partial charge in [-0.1, -0.05) is 262 Å². The third-order valence-electron chi connectivity index (χ3n) is 13.7. The molecule has 0 aliphatic heterocycles. The van der Waals surface area contributed by atoms with Crippen LogP contribution in [0, 0.1) is 0 Å². The Morgan fingerprint density at radius 2 is 0.761 bits per heavy atom. The molecule has 0 aromatic carbocycles. The van der Waals surface area contributed by atoms with E-state index in [2.05, 4.69) is 55.6 Å². The number of hydrogen-bond acceptors (Lipinski definition) is 5. The molecule has 67 heavy (non-hydrogen) atoms. The molecule has 0 saturated heterocycles. The van der Waals surface area contributed by atoms with Crippen LogP contribution in [0.2, 0.25) is 0 Å². The number of unbranched alkanes of at least 4 members (excludes halogenated alkanes) is 38. The number of aliphatic hydroxyl groups excluding tert-OH is 2. The van der Waals surface area contributed by atoms with Crippen molar-refractivity contribution in [3.63, 3.8) is 0 Å². The third-order valence-corrected chi connectivity index (χ3v) is 13.7. The molecule has 0 aliphatic rings. The van der Waals surface area contributed by atoms with Crippen molar-refractivity contribution in [1.29, 1.82) is 0 Å². The molecule has 0 aromatic rings. The van der Waals surface area contributed by atoms with E-state index in [-0.39, 0.29) is 18.5 Å². The van der Waals surface area contributed by atoms with Gasteiger partial charge in [-0.3, -0.25) is 9.59 Å². The number of hydrogen-bond donors (Lipinski definition) is 3. The van der Waals surface area contributed by atoms with Gasteiger partial charge >= 0.3 is 5.97 Å². The van der Waals surface area contributed by atoms with Gasteiger partial charge in [0.2, 0.25) is 5.91 Å². The second-order valence-electron chi connectivity index (χ2n) is 20.3. The first kappa shape index (κ1) is 65.1. The van der Waals surface area contributed by atoms with Crippen molar-refractivity contribution in [3.05, 3.63) is 36.5 Å². The van der Waals surface area contributed by atoms with Gasteiger partial charge in [0, 0.05) is 12.8 Å². The van der Waals surface area contributed by atoms with Crippen LogP contribution in [0.15, 0.2) is 36.5 Å². The van der Waals surface area contributed by atoms with E-state index in [0.29, 0.717) is 25.9 Å². The Bertz CT molecular complexity index is 1090.